The standard InChI is InChI=1S/C13H17NO3/c1-3-16-12-10(2)17-13(15)14(12)9-11-7-5-4-6-8-11/h4-8,10,12H,3,9H2,1-2H3/t10-,12-/m1/s1. The minimum absolute atomic E-state index is 0.217. The van der Waals surface area contributed by atoms with E-state index >= 15 is 0 Å². The molecule has 1 amide bonds. The summed E-state index contributed by atoms with van der Waals surface area (Å²) in [5.41, 5.74) is 1.07. The molecule has 0 spiro atoms. The zero-order valence-corrected chi connectivity index (χ0v) is 10.1. The molecule has 92 valence electrons. The van der Waals surface area contributed by atoms with Gasteiger partial charge in [0.15, 0.2) is 6.23 Å². The number of rotatable bonds is 4. The summed E-state index contributed by atoms with van der Waals surface area (Å²) < 4.78 is 10.7. The number of ether oxygens (including phenoxy) is 2. The highest BCUT2D eigenvalue weighted by Crippen LogP contribution is 2.22. The Morgan fingerprint density at radius 3 is 2.71 bits per heavy atom. The van der Waals surface area contributed by atoms with E-state index in [1.165, 1.54) is 0 Å². The Balaban J connectivity index is 2.10. The molecule has 0 bridgehead atoms. The van der Waals surface area contributed by atoms with Gasteiger partial charge < -0.3 is 9.47 Å². The molecule has 0 N–H and O–H groups in total. The van der Waals surface area contributed by atoms with E-state index in [2.05, 4.69) is 0 Å². The van der Waals surface area contributed by atoms with Gasteiger partial charge in [0.1, 0.15) is 6.10 Å². The van der Waals surface area contributed by atoms with E-state index in [0.29, 0.717) is 13.2 Å². The summed E-state index contributed by atoms with van der Waals surface area (Å²) in [6, 6.07) is 9.83. The number of hydrogen-bond acceptors (Lipinski definition) is 3. The normalized spacial score (nSPS) is 23.9. The van der Waals surface area contributed by atoms with Gasteiger partial charge in [-0.2, -0.15) is 0 Å². The quantitative estimate of drug-likeness (QED) is 0.804. The van der Waals surface area contributed by atoms with E-state index in [4.69, 9.17) is 9.47 Å². The van der Waals surface area contributed by atoms with Gasteiger partial charge in [0, 0.05) is 6.61 Å². The molecule has 1 heterocycles. The molecule has 0 radical (unpaired) electrons. The molecule has 17 heavy (non-hydrogen) atoms. The third kappa shape index (κ3) is 2.58. The lowest BCUT2D eigenvalue weighted by atomic mass is 10.2. The van der Waals surface area contributed by atoms with Crippen molar-refractivity contribution in [3.63, 3.8) is 0 Å². The number of benzene rings is 1. The SMILES string of the molecule is CCO[C@@H]1[C@@H](C)OC(=O)N1Cc1ccccc1. The Bertz CT molecular complexity index is 380. The highest BCUT2D eigenvalue weighted by atomic mass is 16.6. The van der Waals surface area contributed by atoms with Gasteiger partial charge in [-0.25, -0.2) is 4.79 Å². The van der Waals surface area contributed by atoms with Gasteiger partial charge in [-0.05, 0) is 19.4 Å². The zero-order valence-electron chi connectivity index (χ0n) is 10.1. The van der Waals surface area contributed by atoms with Gasteiger partial charge >= 0.3 is 6.09 Å². The van der Waals surface area contributed by atoms with Crippen LogP contribution in [0.3, 0.4) is 0 Å². The van der Waals surface area contributed by atoms with Crippen molar-refractivity contribution < 1.29 is 14.3 Å². The number of carbonyl (C=O) groups is 1. The Kier molecular flexibility index (Phi) is 3.64. The number of hydrogen-bond donors (Lipinski definition) is 0. The summed E-state index contributed by atoms with van der Waals surface area (Å²) in [6.07, 6.45) is -0.807. The van der Waals surface area contributed by atoms with Crippen molar-refractivity contribution in [3.05, 3.63) is 35.9 Å². The number of cyclic esters (lactones) is 1. The highest BCUT2D eigenvalue weighted by Gasteiger charge is 2.39. The third-order valence-electron chi connectivity index (χ3n) is 2.76. The van der Waals surface area contributed by atoms with Crippen LogP contribution < -0.4 is 0 Å². The molecule has 2 rings (SSSR count). The molecule has 1 saturated heterocycles. The maximum atomic E-state index is 11.7. The zero-order chi connectivity index (χ0) is 12.3. The van der Waals surface area contributed by atoms with E-state index in [0.717, 1.165) is 5.56 Å². The van der Waals surface area contributed by atoms with Crippen LogP contribution in [0.4, 0.5) is 4.79 Å². The van der Waals surface area contributed by atoms with Crippen LogP contribution in [0.1, 0.15) is 19.4 Å². The fourth-order valence-corrected chi connectivity index (χ4v) is 1.97. The third-order valence-corrected chi connectivity index (χ3v) is 2.76. The van der Waals surface area contributed by atoms with Crippen LogP contribution in [0, 0.1) is 0 Å². The smallest absolute Gasteiger partial charge is 0.412 e. The summed E-state index contributed by atoms with van der Waals surface area (Å²) in [5.74, 6) is 0. The van der Waals surface area contributed by atoms with Crippen LogP contribution in [0.2, 0.25) is 0 Å². The predicted octanol–water partition coefficient (Wildman–Crippen LogP) is 2.39. The first kappa shape index (κ1) is 11.9. The minimum Gasteiger partial charge on any atom is -0.442 e. The molecule has 0 saturated carbocycles. The van der Waals surface area contributed by atoms with Gasteiger partial charge in [0.25, 0.3) is 0 Å². The summed E-state index contributed by atoms with van der Waals surface area (Å²) in [4.78, 5) is 13.3. The molecule has 1 aromatic carbocycles. The van der Waals surface area contributed by atoms with Crippen LogP contribution >= 0.6 is 0 Å². The average Bonchev–Trinajstić information content (AvgIpc) is 2.58. The largest absolute Gasteiger partial charge is 0.442 e. The maximum absolute atomic E-state index is 11.7. The van der Waals surface area contributed by atoms with Crippen molar-refractivity contribution in [1.29, 1.82) is 0 Å². The molecule has 1 aliphatic rings. The van der Waals surface area contributed by atoms with E-state index in [1.807, 2.05) is 44.2 Å². The molecular weight excluding hydrogens is 218 g/mol. The van der Waals surface area contributed by atoms with Crippen LogP contribution in [-0.4, -0.2) is 29.9 Å². The van der Waals surface area contributed by atoms with Crippen molar-refractivity contribution in [3.8, 4) is 0 Å². The number of amides is 1. The molecular formula is C13H17NO3. The lowest BCUT2D eigenvalue weighted by molar-refractivity contribution is -0.0432. The van der Waals surface area contributed by atoms with Crippen LogP contribution in [0.5, 0.6) is 0 Å². The molecule has 1 aromatic rings. The molecule has 2 atom stereocenters. The van der Waals surface area contributed by atoms with E-state index in [1.54, 1.807) is 4.90 Å². The Morgan fingerprint density at radius 1 is 1.35 bits per heavy atom. The second-order valence-electron chi connectivity index (χ2n) is 4.05. The lowest BCUT2D eigenvalue weighted by Gasteiger charge is -2.22. The van der Waals surface area contributed by atoms with Crippen molar-refractivity contribution in [2.75, 3.05) is 6.61 Å². The molecule has 0 aromatic heterocycles. The van der Waals surface area contributed by atoms with E-state index in [-0.39, 0.29) is 18.4 Å². The first-order valence-corrected chi connectivity index (χ1v) is 5.85. The summed E-state index contributed by atoms with van der Waals surface area (Å²) in [7, 11) is 0. The lowest BCUT2D eigenvalue weighted by Crippen LogP contribution is -2.37. The van der Waals surface area contributed by atoms with Crippen molar-refractivity contribution in [1.82, 2.24) is 4.90 Å². The van der Waals surface area contributed by atoms with Crippen molar-refractivity contribution >= 4 is 6.09 Å². The molecule has 1 aliphatic heterocycles. The molecule has 0 aliphatic carbocycles. The average molecular weight is 235 g/mol. The first-order chi connectivity index (χ1) is 8.22. The molecule has 0 unspecified atom stereocenters. The predicted molar refractivity (Wildman–Crippen MR) is 63.3 cm³/mol. The number of nitrogens with zero attached hydrogens (tertiary/aromatic N) is 1. The highest BCUT2D eigenvalue weighted by molar-refractivity contribution is 5.70. The minimum atomic E-state index is -0.306. The maximum Gasteiger partial charge on any atom is 0.412 e. The topological polar surface area (TPSA) is 38.8 Å². The number of carbonyl (C=O) groups excluding carboxylic acids is 1. The molecule has 4 heteroatoms. The molecule has 1 fully saturated rings. The van der Waals surface area contributed by atoms with Gasteiger partial charge in [0.05, 0.1) is 6.54 Å². The fourth-order valence-electron chi connectivity index (χ4n) is 1.97. The van der Waals surface area contributed by atoms with Crippen molar-refractivity contribution in [2.24, 2.45) is 0 Å². The van der Waals surface area contributed by atoms with Gasteiger partial charge in [-0.3, -0.25) is 4.90 Å². The summed E-state index contributed by atoms with van der Waals surface area (Å²) >= 11 is 0. The fraction of sp³-hybridized carbons (Fsp3) is 0.462. The summed E-state index contributed by atoms with van der Waals surface area (Å²) in [5, 5.41) is 0. The monoisotopic (exact) mass is 235 g/mol. The summed E-state index contributed by atoms with van der Waals surface area (Å²) in [6.45, 7) is 4.85. The Labute approximate surface area is 101 Å². The Hall–Kier alpha value is -1.55. The van der Waals surface area contributed by atoms with Gasteiger partial charge in [-0.15, -0.1) is 0 Å². The van der Waals surface area contributed by atoms with Crippen LogP contribution in [0.15, 0.2) is 30.3 Å². The van der Waals surface area contributed by atoms with Crippen molar-refractivity contribution in [2.45, 2.75) is 32.7 Å². The molecule has 4 nitrogen and oxygen atoms in total. The van der Waals surface area contributed by atoms with E-state index in [9.17, 15) is 4.79 Å². The second-order valence-corrected chi connectivity index (χ2v) is 4.05. The van der Waals surface area contributed by atoms with Gasteiger partial charge in [0.2, 0.25) is 0 Å². The van der Waals surface area contributed by atoms with Gasteiger partial charge in [-0.1, -0.05) is 30.3 Å². The van der Waals surface area contributed by atoms with E-state index < -0.39 is 0 Å². The Morgan fingerprint density at radius 2 is 2.06 bits per heavy atom. The van der Waals surface area contributed by atoms with Crippen LogP contribution in [-0.2, 0) is 16.0 Å². The van der Waals surface area contributed by atoms with Crippen LogP contribution in [0.25, 0.3) is 0 Å². The second kappa shape index (κ2) is 5.19. The first-order valence-electron chi connectivity index (χ1n) is 5.85.